The Balaban J connectivity index is 2.07. The molecule has 1 aromatic heterocycles. The van der Waals surface area contributed by atoms with Crippen molar-refractivity contribution in [1.82, 2.24) is 4.57 Å². The summed E-state index contributed by atoms with van der Waals surface area (Å²) in [6.45, 7) is 6.22. The van der Waals surface area contributed by atoms with Gasteiger partial charge in [0.25, 0.3) is 5.91 Å². The molecular formula is C20H20Cl2N2O3S. The smallest absolute Gasteiger partial charge is 0.279 e. The predicted octanol–water partition coefficient (Wildman–Crippen LogP) is 5.19. The monoisotopic (exact) mass is 438 g/mol. The van der Waals surface area contributed by atoms with Gasteiger partial charge in [0.15, 0.2) is 4.80 Å². The van der Waals surface area contributed by atoms with Gasteiger partial charge in [0, 0.05) is 28.8 Å². The van der Waals surface area contributed by atoms with Crippen molar-refractivity contribution in [2.45, 2.75) is 20.4 Å². The van der Waals surface area contributed by atoms with E-state index in [0.29, 0.717) is 46.8 Å². The number of halogens is 2. The first kappa shape index (κ1) is 20.9. The van der Waals surface area contributed by atoms with Crippen molar-refractivity contribution >= 4 is 50.7 Å². The SMILES string of the molecule is CCOCCn1c(=NC(=O)c2cc(Cl)cc(Cl)c2)sc2cc(OCC)ccc21. The van der Waals surface area contributed by atoms with Crippen molar-refractivity contribution in [3.05, 3.63) is 56.8 Å². The Labute approximate surface area is 177 Å². The maximum atomic E-state index is 12.7. The van der Waals surface area contributed by atoms with Crippen LogP contribution >= 0.6 is 34.5 Å². The van der Waals surface area contributed by atoms with Crippen LogP contribution in [0.15, 0.2) is 41.4 Å². The van der Waals surface area contributed by atoms with Gasteiger partial charge in [-0.2, -0.15) is 4.99 Å². The van der Waals surface area contributed by atoms with Gasteiger partial charge in [-0.3, -0.25) is 4.79 Å². The van der Waals surface area contributed by atoms with Gasteiger partial charge in [-0.25, -0.2) is 0 Å². The molecule has 0 saturated heterocycles. The quantitative estimate of drug-likeness (QED) is 0.477. The van der Waals surface area contributed by atoms with E-state index in [9.17, 15) is 4.79 Å². The Morgan fingerprint density at radius 1 is 1.11 bits per heavy atom. The van der Waals surface area contributed by atoms with Crippen molar-refractivity contribution in [2.24, 2.45) is 4.99 Å². The second-order valence-electron chi connectivity index (χ2n) is 5.87. The topological polar surface area (TPSA) is 52.8 Å². The van der Waals surface area contributed by atoms with Crippen molar-refractivity contribution in [3.63, 3.8) is 0 Å². The minimum absolute atomic E-state index is 0.348. The maximum absolute atomic E-state index is 12.7. The number of thiazole rings is 1. The Bertz CT molecular complexity index is 1040. The summed E-state index contributed by atoms with van der Waals surface area (Å²) in [5, 5.41) is 0.793. The lowest BCUT2D eigenvalue weighted by molar-refractivity contribution is 0.0996. The fourth-order valence-corrected chi connectivity index (χ4v) is 4.35. The maximum Gasteiger partial charge on any atom is 0.279 e. The number of hydrogen-bond donors (Lipinski definition) is 0. The molecule has 8 heteroatoms. The summed E-state index contributed by atoms with van der Waals surface area (Å²) in [6, 6.07) is 10.5. The normalized spacial score (nSPS) is 11.9. The molecule has 0 atom stereocenters. The zero-order chi connectivity index (χ0) is 20.1. The summed E-state index contributed by atoms with van der Waals surface area (Å²) in [4.78, 5) is 17.6. The van der Waals surface area contributed by atoms with E-state index >= 15 is 0 Å². The van der Waals surface area contributed by atoms with Crippen molar-refractivity contribution < 1.29 is 14.3 Å². The van der Waals surface area contributed by atoms with Crippen LogP contribution in [0.25, 0.3) is 10.2 Å². The average Bonchev–Trinajstić information content (AvgIpc) is 2.98. The second-order valence-corrected chi connectivity index (χ2v) is 7.75. The van der Waals surface area contributed by atoms with E-state index in [0.717, 1.165) is 16.0 Å². The number of ether oxygens (including phenoxy) is 2. The van der Waals surface area contributed by atoms with Gasteiger partial charge in [-0.1, -0.05) is 34.5 Å². The van der Waals surface area contributed by atoms with E-state index in [1.54, 1.807) is 18.2 Å². The number of hydrogen-bond acceptors (Lipinski definition) is 4. The number of carbonyl (C=O) groups is 1. The molecule has 0 aliphatic carbocycles. The number of amides is 1. The summed E-state index contributed by atoms with van der Waals surface area (Å²) < 4.78 is 14.0. The molecular weight excluding hydrogens is 419 g/mol. The molecule has 28 heavy (non-hydrogen) atoms. The van der Waals surface area contributed by atoms with Crippen LogP contribution in [0.3, 0.4) is 0 Å². The lowest BCUT2D eigenvalue weighted by atomic mass is 10.2. The molecule has 1 amide bonds. The number of rotatable bonds is 7. The van der Waals surface area contributed by atoms with Crippen molar-refractivity contribution in [2.75, 3.05) is 19.8 Å². The predicted molar refractivity (Wildman–Crippen MR) is 114 cm³/mol. The largest absolute Gasteiger partial charge is 0.494 e. The summed E-state index contributed by atoms with van der Waals surface area (Å²) in [6.07, 6.45) is 0. The molecule has 0 radical (unpaired) electrons. The molecule has 1 heterocycles. The summed E-state index contributed by atoms with van der Waals surface area (Å²) in [7, 11) is 0. The van der Waals surface area contributed by atoms with Crippen LogP contribution in [0.2, 0.25) is 10.0 Å². The Kier molecular flexibility index (Phi) is 7.13. The van der Waals surface area contributed by atoms with Crippen LogP contribution in [0.4, 0.5) is 0 Å². The number of fused-ring (bicyclic) bond motifs is 1. The fraction of sp³-hybridized carbons (Fsp3) is 0.300. The van der Waals surface area contributed by atoms with Gasteiger partial charge in [0.2, 0.25) is 0 Å². The molecule has 3 aromatic rings. The first-order valence-electron chi connectivity index (χ1n) is 8.91. The van der Waals surface area contributed by atoms with E-state index in [1.807, 2.05) is 36.6 Å². The lowest BCUT2D eigenvalue weighted by Gasteiger charge is -2.06. The van der Waals surface area contributed by atoms with Crippen LogP contribution in [-0.2, 0) is 11.3 Å². The summed E-state index contributed by atoms with van der Waals surface area (Å²) >= 11 is 13.5. The van der Waals surface area contributed by atoms with Gasteiger partial charge >= 0.3 is 0 Å². The summed E-state index contributed by atoms with van der Waals surface area (Å²) in [5.41, 5.74) is 1.32. The molecule has 5 nitrogen and oxygen atoms in total. The van der Waals surface area contributed by atoms with E-state index in [4.69, 9.17) is 32.7 Å². The molecule has 148 valence electrons. The molecule has 0 aliphatic rings. The van der Waals surface area contributed by atoms with Crippen molar-refractivity contribution in [1.29, 1.82) is 0 Å². The van der Waals surface area contributed by atoms with Gasteiger partial charge in [0.05, 0.1) is 23.4 Å². The zero-order valence-electron chi connectivity index (χ0n) is 15.6. The zero-order valence-corrected chi connectivity index (χ0v) is 17.9. The molecule has 0 saturated carbocycles. The molecule has 2 aromatic carbocycles. The number of benzene rings is 2. The Morgan fingerprint density at radius 3 is 2.54 bits per heavy atom. The van der Waals surface area contributed by atoms with E-state index in [1.165, 1.54) is 11.3 Å². The Morgan fingerprint density at radius 2 is 1.86 bits per heavy atom. The number of aromatic nitrogens is 1. The minimum atomic E-state index is -0.397. The van der Waals surface area contributed by atoms with E-state index in [-0.39, 0.29) is 0 Å². The molecule has 0 unspecified atom stereocenters. The van der Waals surface area contributed by atoms with E-state index < -0.39 is 5.91 Å². The highest BCUT2D eigenvalue weighted by atomic mass is 35.5. The van der Waals surface area contributed by atoms with Crippen molar-refractivity contribution in [3.8, 4) is 5.75 Å². The van der Waals surface area contributed by atoms with E-state index in [2.05, 4.69) is 4.99 Å². The molecule has 0 bridgehead atoms. The highest BCUT2D eigenvalue weighted by molar-refractivity contribution is 7.16. The number of nitrogens with zero attached hydrogens (tertiary/aromatic N) is 2. The fourth-order valence-electron chi connectivity index (χ4n) is 2.74. The third-order valence-electron chi connectivity index (χ3n) is 3.94. The van der Waals surface area contributed by atoms with Gasteiger partial charge in [-0.15, -0.1) is 0 Å². The lowest BCUT2D eigenvalue weighted by Crippen LogP contribution is -2.19. The van der Waals surface area contributed by atoms with Crippen LogP contribution in [0.5, 0.6) is 5.75 Å². The second kappa shape index (κ2) is 9.56. The Hall–Kier alpha value is -1.86. The summed E-state index contributed by atoms with van der Waals surface area (Å²) in [5.74, 6) is 0.388. The van der Waals surface area contributed by atoms with Crippen LogP contribution in [0, 0.1) is 0 Å². The van der Waals surface area contributed by atoms with Gasteiger partial charge in [0.1, 0.15) is 5.75 Å². The van der Waals surface area contributed by atoms with Gasteiger partial charge in [-0.05, 0) is 50.2 Å². The molecule has 0 fully saturated rings. The van der Waals surface area contributed by atoms with Gasteiger partial charge < -0.3 is 14.0 Å². The molecule has 3 rings (SSSR count). The van der Waals surface area contributed by atoms with Crippen LogP contribution < -0.4 is 9.54 Å². The third kappa shape index (κ3) is 4.94. The highest BCUT2D eigenvalue weighted by Gasteiger charge is 2.11. The first-order valence-corrected chi connectivity index (χ1v) is 10.5. The highest BCUT2D eigenvalue weighted by Crippen LogP contribution is 2.24. The third-order valence-corrected chi connectivity index (χ3v) is 5.41. The molecule has 0 aliphatic heterocycles. The minimum Gasteiger partial charge on any atom is -0.494 e. The molecule has 0 spiro atoms. The number of carbonyl (C=O) groups excluding carboxylic acids is 1. The first-order chi connectivity index (χ1) is 13.5. The van der Waals surface area contributed by atoms with Crippen LogP contribution in [-0.4, -0.2) is 30.3 Å². The molecule has 0 N–H and O–H groups in total. The standard InChI is InChI=1S/C20H20Cl2N2O3S/c1-3-26-8-7-24-17-6-5-16(27-4-2)12-18(17)28-20(24)23-19(25)13-9-14(21)11-15(22)10-13/h5-6,9-12H,3-4,7-8H2,1-2H3. The van der Waals surface area contributed by atoms with Crippen LogP contribution in [0.1, 0.15) is 24.2 Å². The average molecular weight is 439 g/mol.